The third-order valence-electron chi connectivity index (χ3n) is 3.59. The van der Waals surface area contributed by atoms with Crippen molar-refractivity contribution in [3.8, 4) is 6.07 Å². The maximum Gasteiger partial charge on any atom is 0.0975 e. The van der Waals surface area contributed by atoms with Crippen LogP contribution in [0.4, 0.5) is 0 Å². The fourth-order valence-corrected chi connectivity index (χ4v) is 2.37. The van der Waals surface area contributed by atoms with Crippen molar-refractivity contribution >= 4 is 0 Å². The van der Waals surface area contributed by atoms with E-state index in [1.807, 2.05) is 0 Å². The zero-order valence-corrected chi connectivity index (χ0v) is 9.66. The topological polar surface area (TPSA) is 27.0 Å². The number of nitrogens with zero attached hydrogens (tertiary/aromatic N) is 2. The van der Waals surface area contributed by atoms with Crippen molar-refractivity contribution < 1.29 is 0 Å². The van der Waals surface area contributed by atoms with Crippen LogP contribution in [0.5, 0.6) is 0 Å². The van der Waals surface area contributed by atoms with Gasteiger partial charge in [-0.3, -0.25) is 4.90 Å². The summed E-state index contributed by atoms with van der Waals surface area (Å²) in [6.07, 6.45) is 6.15. The molecule has 1 saturated carbocycles. The van der Waals surface area contributed by atoms with Gasteiger partial charge in [-0.15, -0.1) is 0 Å². The lowest BCUT2D eigenvalue weighted by molar-refractivity contribution is 0.144. The smallest absolute Gasteiger partial charge is 0.0975 e. The van der Waals surface area contributed by atoms with E-state index in [0.717, 1.165) is 12.3 Å². The summed E-state index contributed by atoms with van der Waals surface area (Å²) in [5.41, 5.74) is 0. The second-order valence-electron chi connectivity index (χ2n) is 4.63. The Labute approximate surface area is 87.9 Å². The van der Waals surface area contributed by atoms with E-state index in [2.05, 4.69) is 31.9 Å². The van der Waals surface area contributed by atoms with Crippen LogP contribution in [0.3, 0.4) is 0 Å². The molecule has 0 saturated heterocycles. The second kappa shape index (κ2) is 5.36. The fraction of sp³-hybridized carbons (Fsp3) is 0.917. The summed E-state index contributed by atoms with van der Waals surface area (Å²) in [4.78, 5) is 2.28. The first-order valence-electron chi connectivity index (χ1n) is 5.80. The van der Waals surface area contributed by atoms with E-state index in [4.69, 9.17) is 5.26 Å². The molecule has 0 heterocycles. The summed E-state index contributed by atoms with van der Waals surface area (Å²) in [6, 6.07) is 3.15. The highest BCUT2D eigenvalue weighted by atomic mass is 15.2. The van der Waals surface area contributed by atoms with Gasteiger partial charge in [-0.1, -0.05) is 13.8 Å². The highest BCUT2D eigenvalue weighted by Gasteiger charge is 2.25. The summed E-state index contributed by atoms with van der Waals surface area (Å²) in [6.45, 7) is 4.42. The molecule has 80 valence electrons. The van der Waals surface area contributed by atoms with E-state index in [1.54, 1.807) is 0 Å². The summed E-state index contributed by atoms with van der Waals surface area (Å²) >= 11 is 0. The van der Waals surface area contributed by atoms with Gasteiger partial charge in [-0.2, -0.15) is 5.26 Å². The van der Waals surface area contributed by atoms with E-state index in [-0.39, 0.29) is 6.04 Å². The van der Waals surface area contributed by atoms with Crippen LogP contribution < -0.4 is 0 Å². The van der Waals surface area contributed by atoms with Crippen LogP contribution in [-0.2, 0) is 0 Å². The van der Waals surface area contributed by atoms with Crippen molar-refractivity contribution in [2.24, 2.45) is 5.92 Å². The molecule has 2 nitrogen and oxygen atoms in total. The van der Waals surface area contributed by atoms with E-state index in [1.165, 1.54) is 25.7 Å². The molecule has 1 unspecified atom stereocenters. The molecule has 0 aromatic carbocycles. The van der Waals surface area contributed by atoms with Crippen molar-refractivity contribution in [1.29, 1.82) is 5.26 Å². The normalized spacial score (nSPS) is 29.9. The van der Waals surface area contributed by atoms with Gasteiger partial charge in [0.25, 0.3) is 0 Å². The molecule has 1 aliphatic rings. The molecule has 1 atom stereocenters. The van der Waals surface area contributed by atoms with Crippen molar-refractivity contribution in [3.63, 3.8) is 0 Å². The van der Waals surface area contributed by atoms with E-state index in [9.17, 15) is 0 Å². The van der Waals surface area contributed by atoms with Crippen molar-refractivity contribution in [1.82, 2.24) is 4.90 Å². The largest absolute Gasteiger partial charge is 0.288 e. The number of hydrogen-bond donors (Lipinski definition) is 0. The Morgan fingerprint density at radius 2 is 1.93 bits per heavy atom. The van der Waals surface area contributed by atoms with E-state index >= 15 is 0 Å². The molecule has 0 radical (unpaired) electrons. The third-order valence-corrected chi connectivity index (χ3v) is 3.59. The first-order valence-corrected chi connectivity index (χ1v) is 5.80. The Balaban J connectivity index is 2.45. The predicted molar refractivity (Wildman–Crippen MR) is 58.9 cm³/mol. The van der Waals surface area contributed by atoms with Crippen LogP contribution in [0, 0.1) is 17.2 Å². The lowest BCUT2D eigenvalue weighted by Crippen LogP contribution is -2.41. The van der Waals surface area contributed by atoms with Crippen LogP contribution in [0.15, 0.2) is 0 Å². The van der Waals surface area contributed by atoms with Gasteiger partial charge in [-0.05, 0) is 45.1 Å². The van der Waals surface area contributed by atoms with Crippen molar-refractivity contribution in [2.45, 2.75) is 58.0 Å². The molecular weight excluding hydrogens is 172 g/mol. The molecule has 1 aliphatic carbocycles. The van der Waals surface area contributed by atoms with Gasteiger partial charge in [0.2, 0.25) is 0 Å². The van der Waals surface area contributed by atoms with Gasteiger partial charge >= 0.3 is 0 Å². The second-order valence-corrected chi connectivity index (χ2v) is 4.63. The lowest BCUT2D eigenvalue weighted by Gasteiger charge is -2.35. The van der Waals surface area contributed by atoms with Crippen LogP contribution in [-0.4, -0.2) is 24.0 Å². The monoisotopic (exact) mass is 194 g/mol. The standard InChI is InChI=1S/C12H22N2/c1-4-11(9-13)14(3)12-7-5-10(2)6-8-12/h10-12H,4-8H2,1-3H3. The highest BCUT2D eigenvalue weighted by Crippen LogP contribution is 2.27. The molecule has 0 N–H and O–H groups in total. The molecule has 1 fully saturated rings. The summed E-state index contributed by atoms with van der Waals surface area (Å²) in [7, 11) is 2.11. The minimum Gasteiger partial charge on any atom is -0.288 e. The Morgan fingerprint density at radius 3 is 2.36 bits per heavy atom. The fourth-order valence-electron chi connectivity index (χ4n) is 2.37. The highest BCUT2D eigenvalue weighted by molar-refractivity contribution is 4.92. The van der Waals surface area contributed by atoms with Crippen LogP contribution >= 0.6 is 0 Å². The van der Waals surface area contributed by atoms with Crippen molar-refractivity contribution in [3.05, 3.63) is 0 Å². The molecule has 1 rings (SSSR count). The number of nitriles is 1. The van der Waals surface area contributed by atoms with Crippen LogP contribution in [0.2, 0.25) is 0 Å². The SMILES string of the molecule is CCC(C#N)N(C)C1CCC(C)CC1. The minimum absolute atomic E-state index is 0.119. The Morgan fingerprint density at radius 1 is 1.36 bits per heavy atom. The zero-order chi connectivity index (χ0) is 10.6. The zero-order valence-electron chi connectivity index (χ0n) is 9.66. The quantitative estimate of drug-likeness (QED) is 0.690. The lowest BCUT2D eigenvalue weighted by atomic mass is 9.86. The molecule has 0 aromatic rings. The van der Waals surface area contributed by atoms with Gasteiger partial charge in [-0.25, -0.2) is 0 Å². The maximum atomic E-state index is 8.99. The molecular formula is C12H22N2. The van der Waals surface area contributed by atoms with Crippen LogP contribution in [0.1, 0.15) is 46.0 Å². The van der Waals surface area contributed by atoms with Gasteiger partial charge < -0.3 is 0 Å². The number of rotatable bonds is 3. The van der Waals surface area contributed by atoms with Crippen molar-refractivity contribution in [2.75, 3.05) is 7.05 Å². The summed E-state index contributed by atoms with van der Waals surface area (Å²) in [5, 5.41) is 8.99. The van der Waals surface area contributed by atoms with Crippen LogP contribution in [0.25, 0.3) is 0 Å². The maximum absolute atomic E-state index is 8.99. The Bertz CT molecular complexity index is 199. The first-order chi connectivity index (χ1) is 6.69. The molecule has 0 bridgehead atoms. The summed E-state index contributed by atoms with van der Waals surface area (Å²) < 4.78 is 0. The molecule has 0 aliphatic heterocycles. The molecule has 14 heavy (non-hydrogen) atoms. The average molecular weight is 194 g/mol. The third kappa shape index (κ3) is 2.72. The van der Waals surface area contributed by atoms with Gasteiger partial charge in [0.1, 0.15) is 0 Å². The molecule has 0 aromatic heterocycles. The first kappa shape index (κ1) is 11.5. The minimum atomic E-state index is 0.119. The average Bonchev–Trinajstić information content (AvgIpc) is 2.20. The van der Waals surface area contributed by atoms with Gasteiger partial charge in [0, 0.05) is 6.04 Å². The van der Waals surface area contributed by atoms with Gasteiger partial charge in [0.15, 0.2) is 0 Å². The Kier molecular flexibility index (Phi) is 4.41. The van der Waals surface area contributed by atoms with Gasteiger partial charge in [0.05, 0.1) is 12.1 Å². The summed E-state index contributed by atoms with van der Waals surface area (Å²) in [5.74, 6) is 0.891. The number of hydrogen-bond acceptors (Lipinski definition) is 2. The predicted octanol–water partition coefficient (Wildman–Crippen LogP) is 2.80. The van der Waals surface area contributed by atoms with E-state index in [0.29, 0.717) is 6.04 Å². The Hall–Kier alpha value is -0.550. The molecule has 0 spiro atoms. The molecule has 2 heteroatoms. The molecule has 0 amide bonds. The van der Waals surface area contributed by atoms with E-state index < -0.39 is 0 Å².